The molecule has 0 saturated heterocycles. The zero-order valence-electron chi connectivity index (χ0n) is 23.4. The van der Waals surface area contributed by atoms with Crippen molar-refractivity contribution in [2.45, 2.75) is 76.3 Å². The number of nitrogens with zero attached hydrogens (tertiary/aromatic N) is 3. The van der Waals surface area contributed by atoms with E-state index in [0.29, 0.717) is 42.8 Å². The Labute approximate surface area is 238 Å². The second-order valence-corrected chi connectivity index (χ2v) is 13.6. The van der Waals surface area contributed by atoms with E-state index in [9.17, 15) is 26.4 Å². The molecular weight excluding hydrogens is 553 g/mol. The number of alkyl halides is 3. The van der Waals surface area contributed by atoms with Crippen LogP contribution in [0.5, 0.6) is 0 Å². The summed E-state index contributed by atoms with van der Waals surface area (Å²) >= 11 is 0. The average Bonchev–Trinajstić information content (AvgIpc) is 3.59. The van der Waals surface area contributed by atoms with E-state index in [1.807, 2.05) is 6.07 Å². The lowest BCUT2D eigenvalue weighted by Gasteiger charge is -2.27. The molecule has 7 nitrogen and oxygen atoms in total. The van der Waals surface area contributed by atoms with Gasteiger partial charge in [0, 0.05) is 25.5 Å². The summed E-state index contributed by atoms with van der Waals surface area (Å²) in [6.45, 7) is 8.51. The quantitative estimate of drug-likeness (QED) is 0.363. The molecule has 41 heavy (non-hydrogen) atoms. The van der Waals surface area contributed by atoms with Gasteiger partial charge in [-0.05, 0) is 66.6 Å². The number of fused-ring (bicyclic) bond motifs is 1. The Bertz CT molecular complexity index is 1580. The van der Waals surface area contributed by atoms with E-state index in [1.54, 1.807) is 26.1 Å². The highest BCUT2D eigenvalue weighted by Crippen LogP contribution is 2.46. The highest BCUT2D eigenvalue weighted by molar-refractivity contribution is 7.91. The fraction of sp³-hybridized carbons (Fsp3) is 0.433. The number of carbonyl (C=O) groups excluding carboxylic acids is 1. The lowest BCUT2D eigenvalue weighted by atomic mass is 9.99. The Kier molecular flexibility index (Phi) is 7.48. The maximum atomic E-state index is 13.4. The van der Waals surface area contributed by atoms with Crippen molar-refractivity contribution >= 4 is 15.7 Å². The van der Waals surface area contributed by atoms with Gasteiger partial charge in [0.25, 0.3) is 5.91 Å². The standard InChI is InChI=1S/C30H33F3N4O3S/c1-5-41(39,40)24-12-19(4)27(35-15-24)29(10-11-29)36-28(38)21-13-22-17-37(26(18(2)3)25(22)34-14-21)16-20-6-8-23(9-7-20)30(31,32)33/h6-9,12-15,18,26H,5,10-11,16-17H2,1-4H3,(H,36,38)/t26-/m0/s1. The van der Waals surface area contributed by atoms with Crippen LogP contribution in [0.25, 0.3) is 0 Å². The topological polar surface area (TPSA) is 92.3 Å². The maximum Gasteiger partial charge on any atom is 0.416 e. The molecule has 1 N–H and O–H groups in total. The number of carbonyl (C=O) groups is 1. The van der Waals surface area contributed by atoms with Gasteiger partial charge in [0.2, 0.25) is 0 Å². The van der Waals surface area contributed by atoms with Crippen LogP contribution in [-0.2, 0) is 34.6 Å². The molecule has 1 fully saturated rings. The molecule has 1 aromatic carbocycles. The highest BCUT2D eigenvalue weighted by atomic mass is 32.2. The predicted molar refractivity (Wildman–Crippen MR) is 148 cm³/mol. The van der Waals surface area contributed by atoms with Crippen LogP contribution in [0.4, 0.5) is 13.2 Å². The Hall–Kier alpha value is -3.31. The fourth-order valence-electron chi connectivity index (χ4n) is 5.68. The third kappa shape index (κ3) is 5.74. The number of rotatable bonds is 8. The zero-order chi connectivity index (χ0) is 29.7. The summed E-state index contributed by atoms with van der Waals surface area (Å²) in [5.41, 5.74) is 3.02. The number of halogens is 3. The first-order valence-corrected chi connectivity index (χ1v) is 15.3. The molecule has 1 atom stereocenters. The molecule has 2 aromatic heterocycles. The summed E-state index contributed by atoms with van der Waals surface area (Å²) < 4.78 is 63.5. The maximum absolute atomic E-state index is 13.4. The van der Waals surface area contributed by atoms with Crippen LogP contribution in [-0.4, -0.2) is 34.9 Å². The minimum atomic E-state index is -4.38. The fourth-order valence-corrected chi connectivity index (χ4v) is 6.58. The van der Waals surface area contributed by atoms with Crippen molar-refractivity contribution < 1.29 is 26.4 Å². The first kappa shape index (κ1) is 29.2. The summed E-state index contributed by atoms with van der Waals surface area (Å²) in [5, 5.41) is 3.11. The van der Waals surface area contributed by atoms with Crippen LogP contribution < -0.4 is 5.32 Å². The second kappa shape index (κ2) is 10.5. The summed E-state index contributed by atoms with van der Waals surface area (Å²) in [7, 11) is -3.38. The van der Waals surface area contributed by atoms with Gasteiger partial charge in [-0.2, -0.15) is 13.2 Å². The number of aryl methyl sites for hydroxylation is 1. The number of nitrogens with one attached hydrogen (secondary N) is 1. The molecular formula is C30H33F3N4O3S. The summed E-state index contributed by atoms with van der Waals surface area (Å²) in [4.78, 5) is 24.9. The molecule has 1 aliphatic carbocycles. The van der Waals surface area contributed by atoms with Crippen LogP contribution >= 0.6 is 0 Å². The van der Waals surface area contributed by atoms with Gasteiger partial charge in [0.05, 0.1) is 44.7 Å². The van der Waals surface area contributed by atoms with Gasteiger partial charge in [-0.25, -0.2) is 8.42 Å². The van der Waals surface area contributed by atoms with E-state index >= 15 is 0 Å². The molecule has 2 aliphatic rings. The summed E-state index contributed by atoms with van der Waals surface area (Å²) in [5.74, 6) is -0.104. The second-order valence-electron chi connectivity index (χ2n) is 11.3. The van der Waals surface area contributed by atoms with Gasteiger partial charge in [0.15, 0.2) is 9.84 Å². The normalized spacial score (nSPS) is 18.4. The van der Waals surface area contributed by atoms with Crippen LogP contribution in [0, 0.1) is 12.8 Å². The predicted octanol–water partition coefficient (Wildman–Crippen LogP) is 5.73. The third-order valence-corrected chi connectivity index (χ3v) is 9.66. The van der Waals surface area contributed by atoms with E-state index in [0.717, 1.165) is 29.0 Å². The minimum absolute atomic E-state index is 0.0138. The van der Waals surface area contributed by atoms with Crippen molar-refractivity contribution in [3.05, 3.63) is 88.0 Å². The number of benzene rings is 1. The number of amides is 1. The summed E-state index contributed by atoms with van der Waals surface area (Å²) in [6, 6.07) is 8.63. The third-order valence-electron chi connectivity index (χ3n) is 7.96. The van der Waals surface area contributed by atoms with Gasteiger partial charge >= 0.3 is 6.18 Å². The molecule has 218 valence electrons. The lowest BCUT2D eigenvalue weighted by molar-refractivity contribution is -0.137. The number of pyridine rings is 2. The SMILES string of the molecule is CCS(=O)(=O)c1cnc(C2(NC(=O)c3cnc4c(c3)CN(Cc3ccc(C(F)(F)F)cc3)[C@H]4C(C)C)CC2)c(C)c1. The van der Waals surface area contributed by atoms with Crippen LogP contribution in [0.3, 0.4) is 0 Å². The van der Waals surface area contributed by atoms with E-state index in [4.69, 9.17) is 0 Å². The molecule has 1 saturated carbocycles. The molecule has 1 amide bonds. The molecule has 1 aliphatic heterocycles. The van der Waals surface area contributed by atoms with E-state index < -0.39 is 27.1 Å². The van der Waals surface area contributed by atoms with Crippen molar-refractivity contribution in [1.82, 2.24) is 20.2 Å². The Morgan fingerprint density at radius 2 is 1.80 bits per heavy atom. The molecule has 0 radical (unpaired) electrons. The van der Waals surface area contributed by atoms with Gasteiger partial charge in [0.1, 0.15) is 0 Å². The van der Waals surface area contributed by atoms with Gasteiger partial charge in [-0.1, -0.05) is 32.9 Å². The van der Waals surface area contributed by atoms with Crippen molar-refractivity contribution in [3.8, 4) is 0 Å². The van der Waals surface area contributed by atoms with Crippen molar-refractivity contribution in [2.24, 2.45) is 5.92 Å². The molecule has 0 unspecified atom stereocenters. The first-order chi connectivity index (χ1) is 19.2. The van der Waals surface area contributed by atoms with Crippen molar-refractivity contribution in [3.63, 3.8) is 0 Å². The highest BCUT2D eigenvalue weighted by Gasteiger charge is 2.48. The molecule has 11 heteroatoms. The molecule has 3 aromatic rings. The largest absolute Gasteiger partial charge is 0.416 e. The number of hydrogen-bond donors (Lipinski definition) is 1. The lowest BCUT2D eigenvalue weighted by Crippen LogP contribution is -2.36. The Morgan fingerprint density at radius 3 is 2.37 bits per heavy atom. The first-order valence-electron chi connectivity index (χ1n) is 13.7. The number of hydrogen-bond acceptors (Lipinski definition) is 6. The average molecular weight is 587 g/mol. The number of sulfone groups is 1. The molecule has 0 bridgehead atoms. The Balaban J connectivity index is 1.33. The van der Waals surface area contributed by atoms with E-state index in [2.05, 4.69) is 34.0 Å². The Morgan fingerprint density at radius 1 is 1.12 bits per heavy atom. The van der Waals surface area contributed by atoms with Gasteiger partial charge in [-0.15, -0.1) is 0 Å². The number of aromatic nitrogens is 2. The van der Waals surface area contributed by atoms with Crippen LogP contribution in [0.2, 0.25) is 0 Å². The summed E-state index contributed by atoms with van der Waals surface area (Å²) in [6.07, 6.45) is -0.0564. The molecule has 0 spiro atoms. The molecule has 3 heterocycles. The van der Waals surface area contributed by atoms with Gasteiger partial charge in [-0.3, -0.25) is 19.7 Å². The van der Waals surface area contributed by atoms with Gasteiger partial charge < -0.3 is 5.32 Å². The van der Waals surface area contributed by atoms with Crippen LogP contribution in [0.1, 0.15) is 83.7 Å². The van der Waals surface area contributed by atoms with Crippen LogP contribution in [0.15, 0.2) is 53.7 Å². The van der Waals surface area contributed by atoms with E-state index in [1.165, 1.54) is 18.3 Å². The smallest absolute Gasteiger partial charge is 0.341 e. The van der Waals surface area contributed by atoms with E-state index in [-0.39, 0.29) is 28.5 Å². The zero-order valence-corrected chi connectivity index (χ0v) is 24.2. The molecule has 5 rings (SSSR count). The minimum Gasteiger partial charge on any atom is -0.341 e. The monoisotopic (exact) mass is 586 g/mol. The van der Waals surface area contributed by atoms with Crippen molar-refractivity contribution in [2.75, 3.05) is 5.75 Å². The van der Waals surface area contributed by atoms with Crippen molar-refractivity contribution in [1.29, 1.82) is 0 Å².